The summed E-state index contributed by atoms with van der Waals surface area (Å²) in [5, 5.41) is 5.47. The van der Waals surface area contributed by atoms with Gasteiger partial charge in [-0.1, -0.05) is 37.3 Å². The average Bonchev–Trinajstić information content (AvgIpc) is 2.82. The molecule has 2 N–H and O–H groups in total. The molecule has 7 nitrogen and oxygen atoms in total. The van der Waals surface area contributed by atoms with Crippen LogP contribution in [0.2, 0.25) is 0 Å². The summed E-state index contributed by atoms with van der Waals surface area (Å²) in [5.41, 5.74) is 2.01. The van der Waals surface area contributed by atoms with Gasteiger partial charge < -0.3 is 10.6 Å². The van der Waals surface area contributed by atoms with Gasteiger partial charge in [0.15, 0.2) is 0 Å². The van der Waals surface area contributed by atoms with Gasteiger partial charge in [0.05, 0.1) is 16.7 Å². The summed E-state index contributed by atoms with van der Waals surface area (Å²) in [6, 6.07) is 19.3. The number of halogens is 1. The molecule has 0 fully saturated rings. The Labute approximate surface area is 188 Å². The maximum Gasteiger partial charge on any atom is 0.278 e. The number of fused-ring (bicyclic) bond motifs is 1. The summed E-state index contributed by atoms with van der Waals surface area (Å²) in [4.78, 5) is 42.7. The predicted molar refractivity (Wildman–Crippen MR) is 125 cm³/mol. The molecule has 33 heavy (non-hydrogen) atoms. The maximum atomic E-state index is 13.5. The van der Waals surface area contributed by atoms with Crippen LogP contribution >= 0.6 is 0 Å². The van der Waals surface area contributed by atoms with Crippen LogP contribution in [0.3, 0.4) is 0 Å². The number of para-hydroxylation sites is 3. The third kappa shape index (κ3) is 4.79. The molecule has 4 rings (SSSR count). The molecule has 0 bridgehead atoms. The summed E-state index contributed by atoms with van der Waals surface area (Å²) in [5.74, 6) is -1.05. The van der Waals surface area contributed by atoms with Crippen LogP contribution in [0, 0.1) is 5.82 Å². The van der Waals surface area contributed by atoms with Crippen LogP contribution in [0.5, 0.6) is 0 Å². The first-order chi connectivity index (χ1) is 16.0. The Bertz CT molecular complexity index is 1400. The Kier molecular flexibility index (Phi) is 6.26. The lowest BCUT2D eigenvalue weighted by Gasteiger charge is -2.14. The van der Waals surface area contributed by atoms with E-state index < -0.39 is 17.3 Å². The third-order valence-electron chi connectivity index (χ3n) is 5.06. The predicted octanol–water partition coefficient (Wildman–Crippen LogP) is 4.19. The van der Waals surface area contributed by atoms with E-state index in [0.29, 0.717) is 28.0 Å². The summed E-state index contributed by atoms with van der Waals surface area (Å²) in [6.07, 6.45) is 0.285. The number of nitrogens with one attached hydrogen (secondary N) is 2. The number of hydrogen-bond donors (Lipinski definition) is 2. The summed E-state index contributed by atoms with van der Waals surface area (Å²) >= 11 is 0. The van der Waals surface area contributed by atoms with Gasteiger partial charge in [0, 0.05) is 17.7 Å². The van der Waals surface area contributed by atoms with Crippen molar-refractivity contribution in [2.24, 2.45) is 0 Å². The molecule has 0 aliphatic heterocycles. The van der Waals surface area contributed by atoms with Gasteiger partial charge in [-0.05, 0) is 42.5 Å². The minimum Gasteiger partial charge on any atom is -0.325 e. The highest BCUT2D eigenvalue weighted by atomic mass is 19.1. The zero-order valence-corrected chi connectivity index (χ0v) is 17.8. The zero-order valence-electron chi connectivity index (χ0n) is 17.8. The van der Waals surface area contributed by atoms with Crippen LogP contribution in [0.4, 0.5) is 15.8 Å². The van der Waals surface area contributed by atoms with Crippen molar-refractivity contribution in [3.63, 3.8) is 0 Å². The van der Waals surface area contributed by atoms with E-state index in [2.05, 4.69) is 15.6 Å². The molecule has 0 unspecified atom stereocenters. The van der Waals surface area contributed by atoms with Gasteiger partial charge in [0.25, 0.3) is 5.56 Å². The van der Waals surface area contributed by atoms with Gasteiger partial charge in [0.1, 0.15) is 18.1 Å². The average molecular weight is 444 g/mol. The van der Waals surface area contributed by atoms with Crippen molar-refractivity contribution < 1.29 is 14.0 Å². The molecule has 3 aromatic carbocycles. The number of hydrogen-bond acceptors (Lipinski definition) is 4. The van der Waals surface area contributed by atoms with E-state index in [1.807, 2.05) is 0 Å². The molecule has 0 spiro atoms. The number of aromatic nitrogens is 2. The normalized spacial score (nSPS) is 10.7. The second-order valence-corrected chi connectivity index (χ2v) is 7.34. The van der Waals surface area contributed by atoms with E-state index >= 15 is 0 Å². The highest BCUT2D eigenvalue weighted by Crippen LogP contribution is 2.26. The molecule has 2 amide bonds. The third-order valence-corrected chi connectivity index (χ3v) is 5.06. The van der Waals surface area contributed by atoms with E-state index in [-0.39, 0.29) is 24.6 Å². The number of anilines is 2. The van der Waals surface area contributed by atoms with Gasteiger partial charge in [-0.25, -0.2) is 9.37 Å². The molecule has 1 aromatic heterocycles. The fourth-order valence-corrected chi connectivity index (χ4v) is 3.44. The number of rotatable bonds is 6. The van der Waals surface area contributed by atoms with E-state index in [1.165, 1.54) is 28.8 Å². The van der Waals surface area contributed by atoms with Gasteiger partial charge in [0.2, 0.25) is 11.8 Å². The smallest absolute Gasteiger partial charge is 0.278 e. The number of benzene rings is 3. The van der Waals surface area contributed by atoms with Crippen LogP contribution in [0.25, 0.3) is 22.3 Å². The Balaban J connectivity index is 1.78. The topological polar surface area (TPSA) is 93.1 Å². The fourth-order valence-electron chi connectivity index (χ4n) is 3.44. The van der Waals surface area contributed by atoms with E-state index in [9.17, 15) is 18.8 Å². The minimum absolute atomic E-state index is 0.121. The number of amides is 2. The van der Waals surface area contributed by atoms with Crippen molar-refractivity contribution in [3.05, 3.63) is 89.0 Å². The monoisotopic (exact) mass is 444 g/mol. The van der Waals surface area contributed by atoms with E-state index in [4.69, 9.17) is 0 Å². The molecule has 0 atom stereocenters. The molecule has 0 radical (unpaired) electrons. The van der Waals surface area contributed by atoms with Gasteiger partial charge in [-0.15, -0.1) is 0 Å². The lowest BCUT2D eigenvalue weighted by Crippen LogP contribution is -2.30. The number of carbonyl (C=O) groups is 2. The van der Waals surface area contributed by atoms with Crippen molar-refractivity contribution in [3.8, 4) is 11.3 Å². The molecule has 0 aliphatic rings. The molecule has 0 saturated heterocycles. The van der Waals surface area contributed by atoms with Crippen LogP contribution < -0.4 is 16.2 Å². The Hall–Kier alpha value is -4.33. The van der Waals surface area contributed by atoms with Gasteiger partial charge >= 0.3 is 0 Å². The van der Waals surface area contributed by atoms with Crippen molar-refractivity contribution in [2.75, 3.05) is 10.6 Å². The van der Waals surface area contributed by atoms with Crippen LogP contribution in [0.1, 0.15) is 13.3 Å². The van der Waals surface area contributed by atoms with Crippen molar-refractivity contribution in [2.45, 2.75) is 19.9 Å². The molecule has 1 heterocycles. The first-order valence-electron chi connectivity index (χ1n) is 10.4. The van der Waals surface area contributed by atoms with Crippen molar-refractivity contribution >= 4 is 34.2 Å². The maximum absolute atomic E-state index is 13.5. The molecular formula is C25H21FN4O3. The van der Waals surface area contributed by atoms with E-state index in [1.54, 1.807) is 55.5 Å². The lowest BCUT2D eigenvalue weighted by atomic mass is 10.1. The van der Waals surface area contributed by atoms with E-state index in [0.717, 1.165) is 0 Å². The Morgan fingerprint density at radius 1 is 0.909 bits per heavy atom. The number of nitrogens with zero attached hydrogens (tertiary/aromatic N) is 2. The SMILES string of the molecule is CCC(=O)Nc1ccccc1-c1nc2ccccc2n(CC(=O)Nc2ccc(F)cc2)c1=O. The van der Waals surface area contributed by atoms with Gasteiger partial charge in [-0.2, -0.15) is 0 Å². The fraction of sp³-hybridized carbons (Fsp3) is 0.120. The lowest BCUT2D eigenvalue weighted by molar-refractivity contribution is -0.117. The quantitative estimate of drug-likeness (QED) is 0.466. The molecule has 0 saturated carbocycles. The second kappa shape index (κ2) is 9.44. The molecule has 0 aliphatic carbocycles. The summed E-state index contributed by atoms with van der Waals surface area (Å²) in [7, 11) is 0. The van der Waals surface area contributed by atoms with Crippen molar-refractivity contribution in [1.29, 1.82) is 0 Å². The summed E-state index contributed by atoms with van der Waals surface area (Å²) < 4.78 is 14.5. The minimum atomic E-state index is -0.471. The molecule has 4 aromatic rings. The van der Waals surface area contributed by atoms with Crippen LogP contribution in [-0.2, 0) is 16.1 Å². The largest absolute Gasteiger partial charge is 0.325 e. The molecule has 8 heteroatoms. The van der Waals surface area contributed by atoms with Crippen LogP contribution in [0.15, 0.2) is 77.6 Å². The highest BCUT2D eigenvalue weighted by Gasteiger charge is 2.18. The van der Waals surface area contributed by atoms with Crippen LogP contribution in [-0.4, -0.2) is 21.4 Å². The highest BCUT2D eigenvalue weighted by molar-refractivity contribution is 5.95. The number of carbonyl (C=O) groups excluding carboxylic acids is 2. The zero-order chi connectivity index (χ0) is 23.4. The first-order valence-corrected chi connectivity index (χ1v) is 10.4. The Morgan fingerprint density at radius 2 is 1.61 bits per heavy atom. The first kappa shape index (κ1) is 21.9. The molecule has 166 valence electrons. The summed E-state index contributed by atoms with van der Waals surface area (Å²) in [6.45, 7) is 1.47. The Morgan fingerprint density at radius 3 is 2.36 bits per heavy atom. The second-order valence-electron chi connectivity index (χ2n) is 7.34. The molecular weight excluding hydrogens is 423 g/mol. The van der Waals surface area contributed by atoms with Crippen molar-refractivity contribution in [1.82, 2.24) is 9.55 Å². The van der Waals surface area contributed by atoms with Gasteiger partial charge in [-0.3, -0.25) is 19.0 Å². The standard InChI is InChI=1S/C25H21FN4O3/c1-2-22(31)28-19-8-4-3-7-18(19)24-25(33)30(21-10-6-5-9-20(21)29-24)15-23(32)27-17-13-11-16(26)12-14-17/h3-14H,2,15H2,1H3,(H,27,32)(H,28,31).